The first-order valence-corrected chi connectivity index (χ1v) is 11.8. The molecular weight excluding hydrogens is 460 g/mol. The highest BCUT2D eigenvalue weighted by Crippen LogP contribution is 2.33. The fourth-order valence-corrected chi connectivity index (χ4v) is 4.45. The summed E-state index contributed by atoms with van der Waals surface area (Å²) in [4.78, 5) is 26.8. The Morgan fingerprint density at radius 3 is 2.64 bits per heavy atom. The van der Waals surface area contributed by atoms with Crippen LogP contribution in [0, 0.1) is 13.8 Å². The zero-order valence-electron chi connectivity index (χ0n) is 20.7. The Kier molecular flexibility index (Phi) is 6.09. The molecule has 4 aromatic rings. The fourth-order valence-electron chi connectivity index (χ4n) is 4.45. The number of aromatic nitrogens is 4. The average Bonchev–Trinajstić information content (AvgIpc) is 3.46. The first-order chi connectivity index (χ1) is 17.4. The second kappa shape index (κ2) is 9.37. The quantitative estimate of drug-likeness (QED) is 0.418. The van der Waals surface area contributed by atoms with Crippen LogP contribution in [0.4, 0.5) is 10.5 Å². The molecule has 3 heterocycles. The highest BCUT2D eigenvalue weighted by Gasteiger charge is 2.33. The maximum atomic E-state index is 13.3. The molecule has 1 saturated heterocycles. The monoisotopic (exact) mass is 488 g/mol. The lowest BCUT2D eigenvalue weighted by atomic mass is 10.0. The van der Waals surface area contributed by atoms with E-state index < -0.39 is 0 Å². The van der Waals surface area contributed by atoms with E-state index in [1.54, 1.807) is 30.2 Å². The molecule has 1 aliphatic rings. The average molecular weight is 489 g/mol. The standard InChI is InChI=1S/C26H28N6O4/c1-5-36-26(34)31-13-18(14-31)32-12-17(11-27-32)24-19-9-20(22(35-4)10-21(19)29-30-24)25(33)28-23-15(2)7-6-8-16(23)3/h6-12,18H,5,13-14H2,1-4H3,(H,28,33)(H,29,30). The van der Waals surface area contributed by atoms with Crippen molar-refractivity contribution in [3.05, 3.63) is 59.4 Å². The van der Waals surface area contributed by atoms with E-state index in [9.17, 15) is 9.59 Å². The van der Waals surface area contributed by atoms with E-state index in [1.807, 2.05) is 42.9 Å². The van der Waals surface area contributed by atoms with Crippen LogP contribution in [0.3, 0.4) is 0 Å². The number of carbonyl (C=O) groups excluding carboxylic acids is 2. The molecule has 0 aliphatic carbocycles. The lowest BCUT2D eigenvalue weighted by Gasteiger charge is -2.38. The van der Waals surface area contributed by atoms with Crippen LogP contribution >= 0.6 is 0 Å². The van der Waals surface area contributed by atoms with Gasteiger partial charge in [0, 0.05) is 42.0 Å². The summed E-state index contributed by atoms with van der Waals surface area (Å²) in [6.07, 6.45) is 3.34. The van der Waals surface area contributed by atoms with Gasteiger partial charge in [-0.25, -0.2) is 4.79 Å². The number of hydrogen-bond donors (Lipinski definition) is 2. The van der Waals surface area contributed by atoms with Crippen molar-refractivity contribution in [2.24, 2.45) is 0 Å². The number of amides is 2. The number of nitrogens with zero attached hydrogens (tertiary/aromatic N) is 4. The molecule has 0 spiro atoms. The Balaban J connectivity index is 1.42. The SMILES string of the molecule is CCOC(=O)N1CC(n2cc(-c3n[nH]c4cc(OC)c(C(=O)Nc5c(C)cccc5C)cc34)cn2)C1. The van der Waals surface area contributed by atoms with Gasteiger partial charge in [0.05, 0.1) is 37.0 Å². The Morgan fingerprint density at radius 1 is 1.19 bits per heavy atom. The first-order valence-electron chi connectivity index (χ1n) is 11.8. The zero-order chi connectivity index (χ0) is 25.4. The highest BCUT2D eigenvalue weighted by atomic mass is 16.6. The second-order valence-electron chi connectivity index (χ2n) is 8.86. The number of hydrogen-bond acceptors (Lipinski definition) is 6. The van der Waals surface area contributed by atoms with Gasteiger partial charge in [0.2, 0.25) is 0 Å². The smallest absolute Gasteiger partial charge is 0.409 e. The summed E-state index contributed by atoms with van der Waals surface area (Å²) in [5.74, 6) is 0.188. The molecule has 2 amide bonds. The largest absolute Gasteiger partial charge is 0.496 e. The van der Waals surface area contributed by atoms with Gasteiger partial charge in [0.1, 0.15) is 11.4 Å². The number of ether oxygens (including phenoxy) is 2. The Labute approximate surface area is 208 Å². The van der Waals surface area contributed by atoms with E-state index in [1.165, 1.54) is 7.11 Å². The van der Waals surface area contributed by atoms with Crippen molar-refractivity contribution in [3.8, 4) is 17.0 Å². The number of carbonyl (C=O) groups is 2. The summed E-state index contributed by atoms with van der Waals surface area (Å²) in [6, 6.07) is 9.53. The summed E-state index contributed by atoms with van der Waals surface area (Å²) in [5.41, 5.74) is 5.40. The summed E-state index contributed by atoms with van der Waals surface area (Å²) < 4.78 is 12.4. The van der Waals surface area contributed by atoms with Crippen molar-refractivity contribution < 1.29 is 19.1 Å². The first kappa shape index (κ1) is 23.4. The van der Waals surface area contributed by atoms with Gasteiger partial charge < -0.3 is 19.7 Å². The molecule has 10 heteroatoms. The zero-order valence-corrected chi connectivity index (χ0v) is 20.7. The molecule has 1 fully saturated rings. The predicted octanol–water partition coefficient (Wildman–Crippen LogP) is 4.32. The predicted molar refractivity (Wildman–Crippen MR) is 135 cm³/mol. The number of likely N-dealkylation sites (tertiary alicyclic amines) is 1. The molecule has 186 valence electrons. The van der Waals surface area contributed by atoms with Crippen molar-refractivity contribution in [3.63, 3.8) is 0 Å². The van der Waals surface area contributed by atoms with Crippen LogP contribution < -0.4 is 10.1 Å². The number of para-hydroxylation sites is 1. The summed E-state index contributed by atoms with van der Waals surface area (Å²) in [6.45, 7) is 7.15. The third-order valence-electron chi connectivity index (χ3n) is 6.48. The topological polar surface area (TPSA) is 114 Å². The van der Waals surface area contributed by atoms with E-state index in [0.717, 1.165) is 33.3 Å². The number of rotatable bonds is 6. The Bertz CT molecular complexity index is 1430. The maximum absolute atomic E-state index is 13.3. The molecule has 0 saturated carbocycles. The lowest BCUT2D eigenvalue weighted by Crippen LogP contribution is -2.51. The molecule has 2 aromatic carbocycles. The molecule has 5 rings (SSSR count). The minimum atomic E-state index is -0.305. The van der Waals surface area contributed by atoms with Crippen molar-refractivity contribution in [2.45, 2.75) is 26.8 Å². The molecular formula is C26H28N6O4. The van der Waals surface area contributed by atoms with E-state index in [2.05, 4.69) is 20.6 Å². The van der Waals surface area contributed by atoms with E-state index in [0.29, 0.717) is 36.7 Å². The molecule has 0 unspecified atom stereocenters. The molecule has 0 radical (unpaired) electrons. The second-order valence-corrected chi connectivity index (χ2v) is 8.86. The lowest BCUT2D eigenvalue weighted by molar-refractivity contribution is 0.0569. The normalized spacial score (nSPS) is 13.5. The van der Waals surface area contributed by atoms with Gasteiger partial charge in [0.15, 0.2) is 0 Å². The van der Waals surface area contributed by atoms with Crippen molar-refractivity contribution >= 4 is 28.6 Å². The van der Waals surface area contributed by atoms with Gasteiger partial charge >= 0.3 is 6.09 Å². The van der Waals surface area contributed by atoms with Crippen molar-refractivity contribution in [2.75, 3.05) is 32.1 Å². The van der Waals surface area contributed by atoms with E-state index in [4.69, 9.17) is 9.47 Å². The molecule has 0 atom stereocenters. The molecule has 0 bridgehead atoms. The molecule has 10 nitrogen and oxygen atoms in total. The van der Waals surface area contributed by atoms with Crippen LogP contribution in [0.5, 0.6) is 5.75 Å². The van der Waals surface area contributed by atoms with Gasteiger partial charge in [-0.2, -0.15) is 10.2 Å². The van der Waals surface area contributed by atoms with Gasteiger partial charge in [0.25, 0.3) is 5.91 Å². The van der Waals surface area contributed by atoms with Crippen LogP contribution in [-0.4, -0.2) is 63.7 Å². The number of fused-ring (bicyclic) bond motifs is 1. The van der Waals surface area contributed by atoms with Crippen LogP contribution in [0.15, 0.2) is 42.7 Å². The minimum absolute atomic E-state index is 0.0761. The number of benzene rings is 2. The van der Waals surface area contributed by atoms with E-state index in [-0.39, 0.29) is 18.0 Å². The van der Waals surface area contributed by atoms with Gasteiger partial charge in [-0.1, -0.05) is 18.2 Å². The maximum Gasteiger partial charge on any atom is 0.409 e. The molecule has 36 heavy (non-hydrogen) atoms. The number of nitrogens with one attached hydrogen (secondary N) is 2. The van der Waals surface area contributed by atoms with Gasteiger partial charge in [-0.3, -0.25) is 14.6 Å². The van der Waals surface area contributed by atoms with Crippen molar-refractivity contribution in [1.82, 2.24) is 24.9 Å². The third kappa shape index (κ3) is 4.15. The summed E-state index contributed by atoms with van der Waals surface area (Å²) in [7, 11) is 1.54. The Hall–Kier alpha value is -4.34. The van der Waals surface area contributed by atoms with Gasteiger partial charge in [-0.15, -0.1) is 0 Å². The number of methoxy groups -OCH3 is 1. The summed E-state index contributed by atoms with van der Waals surface area (Å²) >= 11 is 0. The van der Waals surface area contributed by atoms with Crippen LogP contribution in [0.1, 0.15) is 34.5 Å². The van der Waals surface area contributed by atoms with Crippen LogP contribution in [0.2, 0.25) is 0 Å². The molecule has 1 aliphatic heterocycles. The fraction of sp³-hybridized carbons (Fsp3) is 0.308. The Morgan fingerprint density at radius 2 is 1.94 bits per heavy atom. The molecule has 2 N–H and O–H groups in total. The minimum Gasteiger partial charge on any atom is -0.496 e. The molecule has 2 aromatic heterocycles. The summed E-state index contributed by atoms with van der Waals surface area (Å²) in [5, 5.41) is 15.8. The number of anilines is 1. The number of aryl methyl sites for hydroxylation is 2. The number of aromatic amines is 1. The van der Waals surface area contributed by atoms with Crippen molar-refractivity contribution in [1.29, 1.82) is 0 Å². The number of H-pyrrole nitrogens is 1. The third-order valence-corrected chi connectivity index (χ3v) is 6.48. The van der Waals surface area contributed by atoms with Gasteiger partial charge in [-0.05, 0) is 38.0 Å². The van der Waals surface area contributed by atoms with Crippen LogP contribution in [0.25, 0.3) is 22.2 Å². The van der Waals surface area contributed by atoms with E-state index >= 15 is 0 Å². The highest BCUT2D eigenvalue weighted by molar-refractivity contribution is 6.10. The van der Waals surface area contributed by atoms with Crippen LogP contribution in [-0.2, 0) is 4.74 Å².